The monoisotopic (exact) mass is 260 g/mol. The van der Waals surface area contributed by atoms with Gasteiger partial charge in [0.05, 0.1) is 5.41 Å². The Bertz CT molecular complexity index is 470. The number of nitrogens with two attached hydrogens (primary N) is 1. The van der Waals surface area contributed by atoms with E-state index in [4.69, 9.17) is 5.73 Å². The van der Waals surface area contributed by atoms with Crippen LogP contribution in [-0.4, -0.2) is 12.5 Å². The largest absolute Gasteiger partial charge is 0.329 e. The van der Waals surface area contributed by atoms with Gasteiger partial charge in [-0.2, -0.15) is 0 Å². The van der Waals surface area contributed by atoms with Crippen molar-refractivity contribution in [3.05, 3.63) is 29.3 Å². The van der Waals surface area contributed by atoms with E-state index in [0.717, 1.165) is 30.5 Å². The molecule has 19 heavy (non-hydrogen) atoms. The van der Waals surface area contributed by atoms with E-state index in [1.807, 2.05) is 19.1 Å². The molecule has 0 unspecified atom stereocenters. The average molecular weight is 260 g/mol. The van der Waals surface area contributed by atoms with Crippen LogP contribution in [0.3, 0.4) is 0 Å². The van der Waals surface area contributed by atoms with Gasteiger partial charge in [0.15, 0.2) is 0 Å². The van der Waals surface area contributed by atoms with Gasteiger partial charge in [-0.3, -0.25) is 4.79 Å². The summed E-state index contributed by atoms with van der Waals surface area (Å²) in [4.78, 5) is 12.5. The molecule has 1 aliphatic rings. The van der Waals surface area contributed by atoms with Crippen molar-refractivity contribution in [2.45, 2.75) is 46.0 Å². The lowest BCUT2D eigenvalue weighted by atomic mass is 9.68. The second-order valence-electron chi connectivity index (χ2n) is 5.99. The van der Waals surface area contributed by atoms with E-state index in [1.54, 1.807) is 0 Å². The first kappa shape index (κ1) is 14.1. The molecular weight excluding hydrogens is 236 g/mol. The molecule has 1 aromatic carbocycles. The van der Waals surface area contributed by atoms with Crippen LogP contribution in [0, 0.1) is 12.3 Å². The van der Waals surface area contributed by atoms with Gasteiger partial charge in [0, 0.05) is 12.2 Å². The minimum Gasteiger partial charge on any atom is -0.329 e. The van der Waals surface area contributed by atoms with Crippen molar-refractivity contribution in [1.82, 2.24) is 0 Å². The molecule has 0 radical (unpaired) electrons. The molecule has 3 N–H and O–H groups in total. The maximum absolute atomic E-state index is 12.5. The Labute approximate surface area is 115 Å². The molecule has 3 nitrogen and oxygen atoms in total. The van der Waals surface area contributed by atoms with Crippen molar-refractivity contribution in [1.29, 1.82) is 0 Å². The van der Waals surface area contributed by atoms with E-state index >= 15 is 0 Å². The normalized spacial score (nSPS) is 17.1. The number of benzene rings is 1. The quantitative estimate of drug-likeness (QED) is 0.873. The topological polar surface area (TPSA) is 55.1 Å². The fraction of sp³-hybridized carbons (Fsp3) is 0.562. The third-order valence-corrected chi connectivity index (χ3v) is 4.35. The molecule has 1 saturated carbocycles. The van der Waals surface area contributed by atoms with Gasteiger partial charge in [0.2, 0.25) is 5.91 Å². The summed E-state index contributed by atoms with van der Waals surface area (Å²) < 4.78 is 0. The van der Waals surface area contributed by atoms with E-state index in [-0.39, 0.29) is 11.3 Å². The van der Waals surface area contributed by atoms with Crippen molar-refractivity contribution < 1.29 is 4.79 Å². The molecule has 1 aliphatic carbocycles. The van der Waals surface area contributed by atoms with E-state index < -0.39 is 0 Å². The first-order chi connectivity index (χ1) is 9.00. The average Bonchev–Trinajstić information content (AvgIpc) is 2.30. The molecule has 104 valence electrons. The molecule has 0 aliphatic heterocycles. The number of aryl methyl sites for hydroxylation is 1. The van der Waals surface area contributed by atoms with Crippen molar-refractivity contribution >= 4 is 11.6 Å². The van der Waals surface area contributed by atoms with Gasteiger partial charge in [0.1, 0.15) is 0 Å². The Morgan fingerprint density at radius 3 is 2.58 bits per heavy atom. The SMILES string of the molecule is Cc1cccc(C(C)C)c1NC(=O)C1(CN)CCC1. The van der Waals surface area contributed by atoms with Gasteiger partial charge in [0.25, 0.3) is 0 Å². The summed E-state index contributed by atoms with van der Waals surface area (Å²) in [6, 6.07) is 6.17. The number of amides is 1. The molecule has 0 aromatic heterocycles. The summed E-state index contributed by atoms with van der Waals surface area (Å²) in [5, 5.41) is 3.13. The maximum Gasteiger partial charge on any atom is 0.231 e. The van der Waals surface area contributed by atoms with E-state index in [2.05, 4.69) is 25.2 Å². The third kappa shape index (κ3) is 2.52. The number of hydrogen-bond acceptors (Lipinski definition) is 2. The molecule has 1 aromatic rings. The van der Waals surface area contributed by atoms with Gasteiger partial charge in [-0.05, 0) is 36.8 Å². The van der Waals surface area contributed by atoms with Crippen molar-refractivity contribution in [2.75, 3.05) is 11.9 Å². The highest BCUT2D eigenvalue weighted by Gasteiger charge is 2.43. The molecule has 0 heterocycles. The Morgan fingerprint density at radius 1 is 1.42 bits per heavy atom. The highest BCUT2D eigenvalue weighted by atomic mass is 16.2. The molecule has 0 spiro atoms. The third-order valence-electron chi connectivity index (χ3n) is 4.35. The summed E-state index contributed by atoms with van der Waals surface area (Å²) in [7, 11) is 0. The lowest BCUT2D eigenvalue weighted by molar-refractivity contribution is -0.129. The summed E-state index contributed by atoms with van der Waals surface area (Å²) in [6.07, 6.45) is 2.94. The maximum atomic E-state index is 12.5. The van der Waals surface area contributed by atoms with Crippen LogP contribution in [-0.2, 0) is 4.79 Å². The predicted octanol–water partition coefficient (Wildman–Crippen LogP) is 3.19. The van der Waals surface area contributed by atoms with E-state index in [9.17, 15) is 4.79 Å². The zero-order valence-corrected chi connectivity index (χ0v) is 12.1. The zero-order chi connectivity index (χ0) is 14.0. The van der Waals surface area contributed by atoms with Gasteiger partial charge < -0.3 is 11.1 Å². The van der Waals surface area contributed by atoms with Crippen molar-refractivity contribution in [3.8, 4) is 0 Å². The molecular formula is C16H24N2O. The van der Waals surface area contributed by atoms with E-state index in [0.29, 0.717) is 12.5 Å². The van der Waals surface area contributed by atoms with Gasteiger partial charge in [-0.1, -0.05) is 38.5 Å². The smallest absolute Gasteiger partial charge is 0.231 e. The fourth-order valence-electron chi connectivity index (χ4n) is 2.72. The molecule has 3 heteroatoms. The molecule has 0 atom stereocenters. The minimum absolute atomic E-state index is 0.0949. The number of anilines is 1. The van der Waals surface area contributed by atoms with Crippen LogP contribution in [0.1, 0.15) is 50.2 Å². The first-order valence-corrected chi connectivity index (χ1v) is 7.11. The Balaban J connectivity index is 2.26. The molecule has 1 fully saturated rings. The predicted molar refractivity (Wildman–Crippen MR) is 79.2 cm³/mol. The number of carbonyl (C=O) groups excluding carboxylic acids is 1. The van der Waals surface area contributed by atoms with Gasteiger partial charge >= 0.3 is 0 Å². The van der Waals surface area contributed by atoms with Crippen molar-refractivity contribution in [2.24, 2.45) is 11.1 Å². The molecule has 2 rings (SSSR count). The van der Waals surface area contributed by atoms with Crippen LogP contribution in [0.25, 0.3) is 0 Å². The number of nitrogens with one attached hydrogen (secondary N) is 1. The van der Waals surface area contributed by atoms with Crippen LogP contribution in [0.4, 0.5) is 5.69 Å². The minimum atomic E-state index is -0.323. The molecule has 0 bridgehead atoms. The summed E-state index contributed by atoms with van der Waals surface area (Å²) in [6.45, 7) is 6.78. The molecule has 0 saturated heterocycles. The number of para-hydroxylation sites is 1. The van der Waals surface area contributed by atoms with Crippen LogP contribution < -0.4 is 11.1 Å². The lowest BCUT2D eigenvalue weighted by Crippen LogP contribution is -2.47. The summed E-state index contributed by atoms with van der Waals surface area (Å²) >= 11 is 0. The Kier molecular flexibility index (Phi) is 3.95. The Hall–Kier alpha value is -1.35. The standard InChI is InChI=1S/C16H24N2O/c1-11(2)13-7-4-6-12(3)14(13)18-15(19)16(10-17)8-5-9-16/h4,6-7,11H,5,8-10,17H2,1-3H3,(H,18,19). The Morgan fingerprint density at radius 2 is 2.11 bits per heavy atom. The molecule has 1 amide bonds. The first-order valence-electron chi connectivity index (χ1n) is 7.11. The number of rotatable bonds is 4. The van der Waals surface area contributed by atoms with Gasteiger partial charge in [-0.25, -0.2) is 0 Å². The highest BCUT2D eigenvalue weighted by Crippen LogP contribution is 2.41. The van der Waals surface area contributed by atoms with Crippen molar-refractivity contribution in [3.63, 3.8) is 0 Å². The summed E-state index contributed by atoms with van der Waals surface area (Å²) in [5.74, 6) is 0.489. The van der Waals surface area contributed by atoms with Crippen LogP contribution in [0.15, 0.2) is 18.2 Å². The number of hydrogen-bond donors (Lipinski definition) is 2. The number of carbonyl (C=O) groups is 1. The highest BCUT2D eigenvalue weighted by molar-refractivity contribution is 5.97. The van der Waals surface area contributed by atoms with E-state index in [1.165, 1.54) is 5.56 Å². The van der Waals surface area contributed by atoms with Crippen LogP contribution in [0.2, 0.25) is 0 Å². The summed E-state index contributed by atoms with van der Waals surface area (Å²) in [5.41, 5.74) is 8.76. The second kappa shape index (κ2) is 5.33. The lowest BCUT2D eigenvalue weighted by Gasteiger charge is -2.39. The van der Waals surface area contributed by atoms with Crippen LogP contribution >= 0.6 is 0 Å². The van der Waals surface area contributed by atoms with Gasteiger partial charge in [-0.15, -0.1) is 0 Å². The second-order valence-corrected chi connectivity index (χ2v) is 5.99. The fourth-order valence-corrected chi connectivity index (χ4v) is 2.72. The van der Waals surface area contributed by atoms with Crippen LogP contribution in [0.5, 0.6) is 0 Å². The zero-order valence-electron chi connectivity index (χ0n) is 12.1.